The molecular formula is C20H26N2O3. The quantitative estimate of drug-likeness (QED) is 0.802. The smallest absolute Gasteiger partial charge is 0.317 e. The van der Waals surface area contributed by atoms with E-state index in [1.807, 2.05) is 36.4 Å². The van der Waals surface area contributed by atoms with E-state index >= 15 is 0 Å². The highest BCUT2D eigenvalue weighted by Gasteiger charge is 2.09. The van der Waals surface area contributed by atoms with Gasteiger partial charge in [0.2, 0.25) is 0 Å². The Balaban J connectivity index is 1.77. The Bertz CT molecular complexity index is 674. The molecule has 0 aliphatic heterocycles. The van der Waals surface area contributed by atoms with Crippen molar-refractivity contribution in [1.82, 2.24) is 10.2 Å². The Kier molecular flexibility index (Phi) is 7.14. The van der Waals surface area contributed by atoms with E-state index in [4.69, 9.17) is 9.47 Å². The number of likely N-dealkylation sites (N-methyl/N-ethyl adjacent to an activating group) is 1. The van der Waals surface area contributed by atoms with Gasteiger partial charge in [0.1, 0.15) is 0 Å². The van der Waals surface area contributed by atoms with Gasteiger partial charge >= 0.3 is 6.03 Å². The predicted octanol–water partition coefficient (Wildman–Crippen LogP) is 3.13. The highest BCUT2D eigenvalue weighted by molar-refractivity contribution is 5.73. The highest BCUT2D eigenvalue weighted by atomic mass is 16.5. The number of carbonyl (C=O) groups excluding carboxylic acids is 1. The van der Waals surface area contributed by atoms with Gasteiger partial charge in [-0.05, 0) is 36.1 Å². The van der Waals surface area contributed by atoms with Gasteiger partial charge in [-0.15, -0.1) is 0 Å². The number of nitrogens with zero attached hydrogens (tertiary/aromatic N) is 1. The van der Waals surface area contributed by atoms with E-state index < -0.39 is 0 Å². The molecule has 134 valence electrons. The number of urea groups is 1. The topological polar surface area (TPSA) is 50.8 Å². The lowest BCUT2D eigenvalue weighted by atomic mass is 10.1. The number of benzene rings is 2. The maximum absolute atomic E-state index is 12.1. The molecule has 0 atom stereocenters. The van der Waals surface area contributed by atoms with Crippen LogP contribution in [0.5, 0.6) is 11.5 Å². The molecule has 0 unspecified atom stereocenters. The monoisotopic (exact) mass is 342 g/mol. The van der Waals surface area contributed by atoms with E-state index in [-0.39, 0.29) is 6.03 Å². The van der Waals surface area contributed by atoms with Crippen LogP contribution in [-0.4, -0.2) is 45.3 Å². The van der Waals surface area contributed by atoms with Crippen molar-refractivity contribution in [3.63, 3.8) is 0 Å². The molecule has 0 saturated carbocycles. The fourth-order valence-electron chi connectivity index (χ4n) is 2.53. The van der Waals surface area contributed by atoms with Gasteiger partial charge in [-0.2, -0.15) is 0 Å². The summed E-state index contributed by atoms with van der Waals surface area (Å²) in [6.45, 7) is 1.26. The lowest BCUT2D eigenvalue weighted by Gasteiger charge is -2.18. The number of hydrogen-bond acceptors (Lipinski definition) is 3. The minimum Gasteiger partial charge on any atom is -0.493 e. The largest absolute Gasteiger partial charge is 0.493 e. The van der Waals surface area contributed by atoms with Crippen molar-refractivity contribution in [3.05, 3.63) is 59.7 Å². The van der Waals surface area contributed by atoms with Gasteiger partial charge in [0.25, 0.3) is 0 Å². The summed E-state index contributed by atoms with van der Waals surface area (Å²) >= 11 is 0. The standard InChI is InChI=1S/C20H26N2O3/c1-22(20(23)21-13-11-16-7-5-4-6-8-16)14-12-17-9-10-18(24-2)19(15-17)25-3/h4-10,15H,11-14H2,1-3H3,(H,21,23). The van der Waals surface area contributed by atoms with E-state index in [2.05, 4.69) is 17.4 Å². The second kappa shape index (κ2) is 9.57. The molecule has 2 aromatic carbocycles. The first-order valence-electron chi connectivity index (χ1n) is 8.38. The van der Waals surface area contributed by atoms with Gasteiger partial charge in [-0.25, -0.2) is 4.79 Å². The van der Waals surface area contributed by atoms with E-state index in [0.717, 1.165) is 18.4 Å². The molecule has 2 rings (SSSR count). The molecule has 5 heteroatoms. The summed E-state index contributed by atoms with van der Waals surface area (Å²) in [7, 11) is 5.04. The summed E-state index contributed by atoms with van der Waals surface area (Å²) in [5, 5.41) is 2.95. The molecule has 0 aliphatic carbocycles. The first-order chi connectivity index (χ1) is 12.1. The average molecular weight is 342 g/mol. The summed E-state index contributed by atoms with van der Waals surface area (Å²) in [6.07, 6.45) is 1.58. The number of ether oxygens (including phenoxy) is 2. The van der Waals surface area contributed by atoms with Crippen LogP contribution in [0.2, 0.25) is 0 Å². The van der Waals surface area contributed by atoms with Crippen molar-refractivity contribution in [2.45, 2.75) is 12.8 Å². The third-order valence-electron chi connectivity index (χ3n) is 4.06. The maximum Gasteiger partial charge on any atom is 0.317 e. The lowest BCUT2D eigenvalue weighted by Crippen LogP contribution is -2.39. The fourth-order valence-corrected chi connectivity index (χ4v) is 2.53. The van der Waals surface area contributed by atoms with E-state index in [9.17, 15) is 4.79 Å². The Morgan fingerprint density at radius 3 is 2.36 bits per heavy atom. The van der Waals surface area contributed by atoms with Crippen molar-refractivity contribution >= 4 is 6.03 Å². The molecule has 0 bridgehead atoms. The first kappa shape index (κ1) is 18.6. The number of methoxy groups -OCH3 is 2. The van der Waals surface area contributed by atoms with Gasteiger partial charge in [0.15, 0.2) is 11.5 Å². The number of carbonyl (C=O) groups is 1. The molecule has 0 fully saturated rings. The van der Waals surface area contributed by atoms with Crippen molar-refractivity contribution in [1.29, 1.82) is 0 Å². The molecule has 0 spiro atoms. The normalized spacial score (nSPS) is 10.2. The molecule has 0 aliphatic rings. The van der Waals surface area contributed by atoms with Crippen molar-refractivity contribution in [3.8, 4) is 11.5 Å². The Labute approximate surface area is 149 Å². The summed E-state index contributed by atoms with van der Waals surface area (Å²) in [4.78, 5) is 13.8. The summed E-state index contributed by atoms with van der Waals surface area (Å²) in [5.41, 5.74) is 2.32. The zero-order valence-corrected chi connectivity index (χ0v) is 15.1. The second-order valence-electron chi connectivity index (χ2n) is 5.83. The molecule has 2 aromatic rings. The molecule has 25 heavy (non-hydrogen) atoms. The molecule has 5 nitrogen and oxygen atoms in total. The molecule has 1 N–H and O–H groups in total. The van der Waals surface area contributed by atoms with Crippen molar-refractivity contribution in [2.24, 2.45) is 0 Å². The molecule has 2 amide bonds. The van der Waals surface area contributed by atoms with Crippen molar-refractivity contribution < 1.29 is 14.3 Å². The summed E-state index contributed by atoms with van der Waals surface area (Å²) in [6, 6.07) is 15.9. The summed E-state index contributed by atoms with van der Waals surface area (Å²) < 4.78 is 10.5. The number of rotatable bonds is 8. The number of nitrogens with one attached hydrogen (secondary N) is 1. The molecule has 0 heterocycles. The zero-order valence-electron chi connectivity index (χ0n) is 15.1. The van der Waals surface area contributed by atoms with Crippen LogP contribution in [-0.2, 0) is 12.8 Å². The van der Waals surface area contributed by atoms with Crippen LogP contribution in [0, 0.1) is 0 Å². The number of amides is 2. The van der Waals surface area contributed by atoms with E-state index in [1.165, 1.54) is 5.56 Å². The van der Waals surface area contributed by atoms with Crippen LogP contribution in [0.1, 0.15) is 11.1 Å². The third kappa shape index (κ3) is 5.71. The third-order valence-corrected chi connectivity index (χ3v) is 4.06. The van der Waals surface area contributed by atoms with Gasteiger partial charge in [-0.1, -0.05) is 36.4 Å². The fraction of sp³-hybridized carbons (Fsp3) is 0.350. The van der Waals surface area contributed by atoms with Crippen LogP contribution in [0.4, 0.5) is 4.79 Å². The molecular weight excluding hydrogens is 316 g/mol. The predicted molar refractivity (Wildman–Crippen MR) is 99.4 cm³/mol. The van der Waals surface area contributed by atoms with E-state index in [1.54, 1.807) is 26.2 Å². The van der Waals surface area contributed by atoms with Gasteiger partial charge in [0, 0.05) is 20.1 Å². The summed E-state index contributed by atoms with van der Waals surface area (Å²) in [5.74, 6) is 1.41. The Morgan fingerprint density at radius 1 is 0.960 bits per heavy atom. The van der Waals surface area contributed by atoms with Gasteiger partial charge in [0.05, 0.1) is 14.2 Å². The number of hydrogen-bond donors (Lipinski definition) is 1. The van der Waals surface area contributed by atoms with Crippen molar-refractivity contribution in [2.75, 3.05) is 34.4 Å². The Morgan fingerprint density at radius 2 is 1.68 bits per heavy atom. The Hall–Kier alpha value is -2.69. The van der Waals surface area contributed by atoms with Crippen LogP contribution in [0.3, 0.4) is 0 Å². The van der Waals surface area contributed by atoms with Crippen LogP contribution < -0.4 is 14.8 Å². The second-order valence-corrected chi connectivity index (χ2v) is 5.83. The minimum atomic E-state index is -0.0589. The van der Waals surface area contributed by atoms with Crippen LogP contribution in [0.25, 0.3) is 0 Å². The first-order valence-corrected chi connectivity index (χ1v) is 8.38. The molecule has 0 saturated heterocycles. The van der Waals surface area contributed by atoms with Gasteiger partial charge in [-0.3, -0.25) is 0 Å². The van der Waals surface area contributed by atoms with Gasteiger partial charge < -0.3 is 19.7 Å². The minimum absolute atomic E-state index is 0.0589. The van der Waals surface area contributed by atoms with Crippen LogP contribution >= 0.6 is 0 Å². The highest BCUT2D eigenvalue weighted by Crippen LogP contribution is 2.27. The van der Waals surface area contributed by atoms with E-state index in [0.29, 0.717) is 24.6 Å². The molecule has 0 aromatic heterocycles. The van der Waals surface area contributed by atoms with Crippen LogP contribution in [0.15, 0.2) is 48.5 Å². The average Bonchev–Trinajstić information content (AvgIpc) is 2.66. The molecule has 0 radical (unpaired) electrons. The SMILES string of the molecule is COc1ccc(CCN(C)C(=O)NCCc2ccccc2)cc1OC. The maximum atomic E-state index is 12.1. The lowest BCUT2D eigenvalue weighted by molar-refractivity contribution is 0.209. The zero-order chi connectivity index (χ0) is 18.1.